The zero-order valence-corrected chi connectivity index (χ0v) is 15.3. The predicted octanol–water partition coefficient (Wildman–Crippen LogP) is 5.81. The zero-order chi connectivity index (χ0) is 14.7. The highest BCUT2D eigenvalue weighted by atomic mass is 79.9. The Kier molecular flexibility index (Phi) is 5.78. The Hall–Kier alpha value is -0.230. The van der Waals surface area contributed by atoms with E-state index in [1.807, 2.05) is 12.1 Å². The molecule has 2 aromatic rings. The van der Waals surface area contributed by atoms with Gasteiger partial charge in [0, 0.05) is 19.8 Å². The quantitative estimate of drug-likeness (QED) is 0.643. The lowest BCUT2D eigenvalue weighted by Crippen LogP contribution is -2.23. The summed E-state index contributed by atoms with van der Waals surface area (Å²) < 4.78 is 15.9. The second-order valence-corrected chi connectivity index (χ2v) is 7.60. The molecule has 1 N–H and O–H groups in total. The van der Waals surface area contributed by atoms with E-state index in [1.165, 1.54) is 4.88 Å². The number of hydrogen-bond acceptors (Lipinski definition) is 2. The first-order chi connectivity index (χ1) is 9.54. The largest absolute Gasteiger partial charge is 0.305 e. The van der Waals surface area contributed by atoms with E-state index in [9.17, 15) is 4.39 Å². The molecule has 0 spiro atoms. The van der Waals surface area contributed by atoms with Gasteiger partial charge in [-0.2, -0.15) is 0 Å². The minimum atomic E-state index is -0.195. The second-order valence-electron chi connectivity index (χ2n) is 4.60. The van der Waals surface area contributed by atoms with Crippen molar-refractivity contribution in [2.75, 3.05) is 6.54 Å². The van der Waals surface area contributed by atoms with Gasteiger partial charge in [0.2, 0.25) is 0 Å². The zero-order valence-electron chi connectivity index (χ0n) is 11.3. The van der Waals surface area contributed by atoms with Crippen molar-refractivity contribution >= 4 is 43.2 Å². The number of nitrogens with one attached hydrogen (secondary N) is 1. The predicted molar refractivity (Wildman–Crippen MR) is 91.0 cm³/mol. The van der Waals surface area contributed by atoms with Crippen LogP contribution in [0, 0.1) is 12.7 Å². The molecule has 2 rings (SSSR count). The van der Waals surface area contributed by atoms with Crippen LogP contribution in [-0.2, 0) is 0 Å². The molecule has 0 saturated heterocycles. The van der Waals surface area contributed by atoms with Gasteiger partial charge < -0.3 is 5.32 Å². The number of benzene rings is 1. The molecule has 0 bridgehead atoms. The summed E-state index contributed by atoms with van der Waals surface area (Å²) in [6, 6.07) is 7.40. The van der Waals surface area contributed by atoms with Crippen LogP contribution in [0.4, 0.5) is 4.39 Å². The average molecular weight is 421 g/mol. The van der Waals surface area contributed by atoms with E-state index in [-0.39, 0.29) is 11.9 Å². The van der Waals surface area contributed by atoms with Crippen molar-refractivity contribution in [2.45, 2.75) is 26.3 Å². The highest BCUT2D eigenvalue weighted by molar-refractivity contribution is 9.10. The Balaban J connectivity index is 2.47. The first-order valence-electron chi connectivity index (χ1n) is 6.47. The van der Waals surface area contributed by atoms with Crippen LogP contribution in [0.25, 0.3) is 0 Å². The number of hydrogen-bond donors (Lipinski definition) is 1. The van der Waals surface area contributed by atoms with Gasteiger partial charge >= 0.3 is 0 Å². The Labute approximate surface area is 139 Å². The van der Waals surface area contributed by atoms with Gasteiger partial charge in [0.05, 0.1) is 10.5 Å². The van der Waals surface area contributed by atoms with Crippen LogP contribution in [-0.4, -0.2) is 6.54 Å². The molecule has 0 radical (unpaired) electrons. The lowest BCUT2D eigenvalue weighted by molar-refractivity contribution is 0.547. The molecule has 0 fully saturated rings. The van der Waals surface area contributed by atoms with Crippen molar-refractivity contribution in [3.05, 3.63) is 54.3 Å². The number of aryl methyl sites for hydroxylation is 1. The smallest absolute Gasteiger partial charge is 0.142 e. The molecule has 1 atom stereocenters. The highest BCUT2D eigenvalue weighted by Gasteiger charge is 2.22. The second kappa shape index (κ2) is 7.16. The molecule has 0 aliphatic rings. The van der Waals surface area contributed by atoms with Crippen LogP contribution in [0.3, 0.4) is 0 Å². The minimum absolute atomic E-state index is 0.125. The SMILES string of the molecule is CCCNC(c1cccc(Br)c1F)c1sc(C)cc1Br. The third kappa shape index (κ3) is 3.50. The van der Waals surface area contributed by atoms with Gasteiger partial charge in [0.1, 0.15) is 5.82 Å². The van der Waals surface area contributed by atoms with E-state index in [2.05, 4.69) is 57.1 Å². The fraction of sp³-hybridized carbons (Fsp3) is 0.333. The summed E-state index contributed by atoms with van der Waals surface area (Å²) in [5.74, 6) is -0.195. The van der Waals surface area contributed by atoms with Gasteiger partial charge in [0.15, 0.2) is 0 Å². The van der Waals surface area contributed by atoms with Gasteiger partial charge in [-0.3, -0.25) is 0 Å². The molecule has 1 aromatic carbocycles. The Morgan fingerprint density at radius 3 is 2.65 bits per heavy atom. The lowest BCUT2D eigenvalue weighted by Gasteiger charge is -2.19. The molecule has 1 unspecified atom stereocenters. The summed E-state index contributed by atoms with van der Waals surface area (Å²) >= 11 is 8.54. The van der Waals surface area contributed by atoms with Crippen LogP contribution in [0.5, 0.6) is 0 Å². The molecule has 1 heterocycles. The summed E-state index contributed by atoms with van der Waals surface area (Å²) in [4.78, 5) is 2.33. The van der Waals surface area contributed by atoms with Crippen LogP contribution in [0.15, 0.2) is 33.2 Å². The van der Waals surface area contributed by atoms with E-state index in [0.717, 1.165) is 22.3 Å². The summed E-state index contributed by atoms with van der Waals surface area (Å²) in [7, 11) is 0. The monoisotopic (exact) mass is 419 g/mol. The molecule has 1 aromatic heterocycles. The third-order valence-corrected chi connectivity index (χ3v) is 5.64. The van der Waals surface area contributed by atoms with Crippen molar-refractivity contribution in [2.24, 2.45) is 0 Å². The molecule has 20 heavy (non-hydrogen) atoms. The van der Waals surface area contributed by atoms with E-state index in [4.69, 9.17) is 0 Å². The topological polar surface area (TPSA) is 12.0 Å². The van der Waals surface area contributed by atoms with Crippen molar-refractivity contribution in [3.63, 3.8) is 0 Å². The minimum Gasteiger partial charge on any atom is -0.305 e. The van der Waals surface area contributed by atoms with Crippen molar-refractivity contribution < 1.29 is 4.39 Å². The maximum absolute atomic E-state index is 14.4. The molecule has 0 aliphatic carbocycles. The summed E-state index contributed by atoms with van der Waals surface area (Å²) in [5, 5.41) is 3.44. The van der Waals surface area contributed by atoms with Crippen molar-refractivity contribution in [1.82, 2.24) is 5.32 Å². The maximum Gasteiger partial charge on any atom is 0.142 e. The third-order valence-electron chi connectivity index (χ3n) is 2.99. The molecule has 1 nitrogen and oxygen atoms in total. The molecular formula is C15H16Br2FNS. The van der Waals surface area contributed by atoms with Crippen molar-refractivity contribution in [1.29, 1.82) is 0 Å². The van der Waals surface area contributed by atoms with E-state index >= 15 is 0 Å². The first-order valence-corrected chi connectivity index (χ1v) is 8.88. The Morgan fingerprint density at radius 1 is 1.30 bits per heavy atom. The molecule has 0 saturated carbocycles. The summed E-state index contributed by atoms with van der Waals surface area (Å²) in [5.41, 5.74) is 0.676. The van der Waals surface area contributed by atoms with Crippen LogP contribution >= 0.6 is 43.2 Å². The summed E-state index contributed by atoms with van der Waals surface area (Å²) in [6.07, 6.45) is 1.01. The van der Waals surface area contributed by atoms with Gasteiger partial charge in [-0.05, 0) is 63.9 Å². The van der Waals surface area contributed by atoms with E-state index < -0.39 is 0 Å². The maximum atomic E-state index is 14.4. The number of thiophene rings is 1. The van der Waals surface area contributed by atoms with E-state index in [1.54, 1.807) is 17.4 Å². The highest BCUT2D eigenvalue weighted by Crippen LogP contribution is 2.37. The van der Waals surface area contributed by atoms with Crippen LogP contribution < -0.4 is 5.32 Å². The molecule has 0 aliphatic heterocycles. The van der Waals surface area contributed by atoms with Crippen LogP contribution in [0.1, 0.15) is 34.7 Å². The Morgan fingerprint density at radius 2 is 2.05 bits per heavy atom. The van der Waals surface area contributed by atoms with Gasteiger partial charge in [-0.1, -0.05) is 19.1 Å². The van der Waals surface area contributed by atoms with Gasteiger partial charge in [-0.15, -0.1) is 11.3 Å². The van der Waals surface area contributed by atoms with E-state index in [0.29, 0.717) is 10.0 Å². The lowest BCUT2D eigenvalue weighted by atomic mass is 10.0. The first kappa shape index (κ1) is 16.1. The Bertz CT molecular complexity index is 598. The molecule has 5 heteroatoms. The number of halogens is 3. The normalized spacial score (nSPS) is 12.7. The molecular weight excluding hydrogens is 405 g/mol. The van der Waals surface area contributed by atoms with Crippen molar-refractivity contribution in [3.8, 4) is 0 Å². The fourth-order valence-corrected chi connectivity index (χ4v) is 4.43. The van der Waals surface area contributed by atoms with Gasteiger partial charge in [-0.25, -0.2) is 4.39 Å². The summed E-state index contributed by atoms with van der Waals surface area (Å²) in [6.45, 7) is 5.02. The molecule has 0 amide bonds. The standard InChI is InChI=1S/C15H16Br2FNS/c1-3-7-19-14(15-12(17)8-9(2)20-15)10-5-4-6-11(16)13(10)18/h4-6,8,14,19H,3,7H2,1-2H3. The molecule has 108 valence electrons. The van der Waals surface area contributed by atoms with Crippen LogP contribution in [0.2, 0.25) is 0 Å². The van der Waals surface area contributed by atoms with Gasteiger partial charge in [0.25, 0.3) is 0 Å². The fourth-order valence-electron chi connectivity index (χ4n) is 2.07. The average Bonchev–Trinajstić information content (AvgIpc) is 2.74. The number of rotatable bonds is 5.